The lowest BCUT2D eigenvalue weighted by Crippen LogP contribution is -2.39. The number of benzene rings is 1. The Kier molecular flexibility index (Phi) is 4.34. The number of amides is 2. The fraction of sp³-hybridized carbons (Fsp3) is 0.533. The molecule has 0 saturated carbocycles. The fourth-order valence-corrected chi connectivity index (χ4v) is 4.65. The normalized spacial score (nSPS) is 21.2. The lowest BCUT2D eigenvalue weighted by molar-refractivity contribution is 0.174. The van der Waals surface area contributed by atoms with Gasteiger partial charge >= 0.3 is 6.03 Å². The van der Waals surface area contributed by atoms with Gasteiger partial charge in [0.25, 0.3) is 0 Å². The van der Waals surface area contributed by atoms with Crippen molar-refractivity contribution in [2.75, 3.05) is 31.9 Å². The maximum absolute atomic E-state index is 12.1. The van der Waals surface area contributed by atoms with Crippen molar-refractivity contribution in [2.24, 2.45) is 5.92 Å². The van der Waals surface area contributed by atoms with E-state index in [1.165, 1.54) is 0 Å². The van der Waals surface area contributed by atoms with Crippen LogP contribution in [0.15, 0.2) is 18.2 Å². The monoisotopic (exact) mass is 340 g/mol. The van der Waals surface area contributed by atoms with Crippen LogP contribution in [0.25, 0.3) is 0 Å². The standard InChI is InChI=1S/C15H20N2O5S/c1-17(8-11-2-3-13-14(6-11)22-10-21-13)15(18)16-7-12-4-5-23(19,20)9-12/h2-3,6,12H,4-5,7-10H2,1H3,(H,16,18)/t12-/m1/s1. The number of urea groups is 1. The summed E-state index contributed by atoms with van der Waals surface area (Å²) in [7, 11) is -1.21. The van der Waals surface area contributed by atoms with Gasteiger partial charge in [-0.2, -0.15) is 0 Å². The fourth-order valence-electron chi connectivity index (χ4n) is 2.78. The van der Waals surface area contributed by atoms with Crippen molar-refractivity contribution in [1.82, 2.24) is 10.2 Å². The molecule has 0 bridgehead atoms. The second kappa shape index (κ2) is 6.27. The number of carbonyl (C=O) groups is 1. The van der Waals surface area contributed by atoms with E-state index in [2.05, 4.69) is 5.32 Å². The van der Waals surface area contributed by atoms with Gasteiger partial charge in [-0.1, -0.05) is 6.07 Å². The van der Waals surface area contributed by atoms with Crippen LogP contribution in [-0.2, 0) is 16.4 Å². The molecular weight excluding hydrogens is 320 g/mol. The molecule has 1 aromatic rings. The lowest BCUT2D eigenvalue weighted by atomic mass is 10.1. The first kappa shape index (κ1) is 15.9. The molecule has 0 radical (unpaired) electrons. The van der Waals surface area contributed by atoms with Gasteiger partial charge in [-0.05, 0) is 30.0 Å². The minimum atomic E-state index is -2.91. The Hall–Kier alpha value is -1.96. The highest BCUT2D eigenvalue weighted by molar-refractivity contribution is 7.91. The molecule has 2 heterocycles. The van der Waals surface area contributed by atoms with E-state index in [0.29, 0.717) is 31.0 Å². The van der Waals surface area contributed by atoms with Gasteiger partial charge < -0.3 is 19.7 Å². The number of hydrogen-bond acceptors (Lipinski definition) is 5. The first-order chi connectivity index (χ1) is 10.9. The molecule has 0 spiro atoms. The molecule has 1 saturated heterocycles. The van der Waals surface area contributed by atoms with E-state index < -0.39 is 9.84 Å². The summed E-state index contributed by atoms with van der Waals surface area (Å²) in [6.45, 7) is 1.05. The van der Waals surface area contributed by atoms with Crippen molar-refractivity contribution < 1.29 is 22.7 Å². The number of sulfone groups is 1. The highest BCUT2D eigenvalue weighted by Gasteiger charge is 2.28. The van der Waals surface area contributed by atoms with E-state index >= 15 is 0 Å². The van der Waals surface area contributed by atoms with E-state index in [1.54, 1.807) is 11.9 Å². The first-order valence-corrected chi connectivity index (χ1v) is 9.33. The van der Waals surface area contributed by atoms with Gasteiger partial charge in [0, 0.05) is 20.1 Å². The van der Waals surface area contributed by atoms with E-state index in [1.807, 2.05) is 18.2 Å². The third-order valence-electron chi connectivity index (χ3n) is 4.07. The Balaban J connectivity index is 1.50. The maximum Gasteiger partial charge on any atom is 0.317 e. The average molecular weight is 340 g/mol. The Morgan fingerprint density at radius 2 is 2.13 bits per heavy atom. The van der Waals surface area contributed by atoms with Crippen LogP contribution in [0.5, 0.6) is 11.5 Å². The zero-order valence-electron chi connectivity index (χ0n) is 12.9. The molecule has 2 amide bonds. The van der Waals surface area contributed by atoms with Gasteiger partial charge in [-0.15, -0.1) is 0 Å². The third kappa shape index (κ3) is 3.87. The van der Waals surface area contributed by atoms with Gasteiger partial charge in [0.2, 0.25) is 6.79 Å². The van der Waals surface area contributed by atoms with Gasteiger partial charge in [-0.3, -0.25) is 0 Å². The molecule has 2 aliphatic heterocycles. The molecule has 0 aliphatic carbocycles. The zero-order chi connectivity index (χ0) is 16.4. The predicted molar refractivity (Wildman–Crippen MR) is 84.2 cm³/mol. The molecule has 8 heteroatoms. The minimum Gasteiger partial charge on any atom is -0.454 e. The number of nitrogens with one attached hydrogen (secondary N) is 1. The summed E-state index contributed by atoms with van der Waals surface area (Å²) in [6.07, 6.45) is 0.620. The molecule has 1 aromatic carbocycles. The smallest absolute Gasteiger partial charge is 0.317 e. The topological polar surface area (TPSA) is 84.9 Å². The number of fused-ring (bicyclic) bond motifs is 1. The summed E-state index contributed by atoms with van der Waals surface area (Å²) < 4.78 is 33.4. The summed E-state index contributed by atoms with van der Waals surface area (Å²) in [5, 5.41) is 2.80. The predicted octanol–water partition coefficient (Wildman–Crippen LogP) is 0.991. The van der Waals surface area contributed by atoms with Gasteiger partial charge in [0.05, 0.1) is 11.5 Å². The Bertz CT molecular complexity index is 704. The average Bonchev–Trinajstić information content (AvgIpc) is 3.10. The summed E-state index contributed by atoms with van der Waals surface area (Å²) in [4.78, 5) is 13.7. The van der Waals surface area contributed by atoms with Gasteiger partial charge in [0.15, 0.2) is 21.3 Å². The molecule has 0 unspecified atom stereocenters. The summed E-state index contributed by atoms with van der Waals surface area (Å²) in [5.74, 6) is 1.80. The van der Waals surface area contributed by atoms with E-state index in [4.69, 9.17) is 9.47 Å². The highest BCUT2D eigenvalue weighted by atomic mass is 32.2. The Morgan fingerprint density at radius 3 is 2.87 bits per heavy atom. The molecule has 3 rings (SSSR count). The number of ether oxygens (including phenoxy) is 2. The summed E-state index contributed by atoms with van der Waals surface area (Å²) in [6, 6.07) is 5.36. The molecule has 1 fully saturated rings. The van der Waals surface area contributed by atoms with Crippen molar-refractivity contribution in [2.45, 2.75) is 13.0 Å². The molecule has 0 aromatic heterocycles. The van der Waals surface area contributed by atoms with Crippen LogP contribution in [0.1, 0.15) is 12.0 Å². The Labute approximate surface area is 135 Å². The molecule has 2 aliphatic rings. The van der Waals surface area contributed by atoms with Crippen molar-refractivity contribution in [3.63, 3.8) is 0 Å². The number of carbonyl (C=O) groups excluding carboxylic acids is 1. The lowest BCUT2D eigenvalue weighted by Gasteiger charge is -2.19. The van der Waals surface area contributed by atoms with Crippen LogP contribution in [0.2, 0.25) is 0 Å². The molecular formula is C15H20N2O5S. The largest absolute Gasteiger partial charge is 0.454 e. The quantitative estimate of drug-likeness (QED) is 0.883. The molecule has 1 atom stereocenters. The highest BCUT2D eigenvalue weighted by Crippen LogP contribution is 2.32. The van der Waals surface area contributed by atoms with Crippen LogP contribution < -0.4 is 14.8 Å². The van der Waals surface area contributed by atoms with E-state index in [9.17, 15) is 13.2 Å². The van der Waals surface area contributed by atoms with Crippen molar-refractivity contribution in [3.05, 3.63) is 23.8 Å². The zero-order valence-corrected chi connectivity index (χ0v) is 13.8. The van der Waals surface area contributed by atoms with Crippen molar-refractivity contribution in [1.29, 1.82) is 0 Å². The third-order valence-corrected chi connectivity index (χ3v) is 5.91. The Morgan fingerprint density at radius 1 is 1.35 bits per heavy atom. The first-order valence-electron chi connectivity index (χ1n) is 7.51. The second-order valence-electron chi connectivity index (χ2n) is 6.00. The maximum atomic E-state index is 12.1. The summed E-state index contributed by atoms with van der Waals surface area (Å²) in [5.41, 5.74) is 0.940. The number of nitrogens with zero attached hydrogens (tertiary/aromatic N) is 1. The van der Waals surface area contributed by atoms with Crippen molar-refractivity contribution >= 4 is 15.9 Å². The van der Waals surface area contributed by atoms with Gasteiger partial charge in [0.1, 0.15) is 0 Å². The number of rotatable bonds is 4. The molecule has 1 N–H and O–H groups in total. The van der Waals surface area contributed by atoms with Crippen LogP contribution in [0.4, 0.5) is 4.79 Å². The van der Waals surface area contributed by atoms with E-state index in [-0.39, 0.29) is 30.2 Å². The second-order valence-corrected chi connectivity index (χ2v) is 8.23. The summed E-state index contributed by atoms with van der Waals surface area (Å²) >= 11 is 0. The van der Waals surface area contributed by atoms with Crippen LogP contribution in [0.3, 0.4) is 0 Å². The van der Waals surface area contributed by atoms with Crippen molar-refractivity contribution in [3.8, 4) is 11.5 Å². The molecule has 7 nitrogen and oxygen atoms in total. The molecule has 23 heavy (non-hydrogen) atoms. The number of hydrogen-bond donors (Lipinski definition) is 1. The molecule has 126 valence electrons. The van der Waals surface area contributed by atoms with Crippen LogP contribution >= 0.6 is 0 Å². The minimum absolute atomic E-state index is 0.0166. The van der Waals surface area contributed by atoms with E-state index in [0.717, 1.165) is 5.56 Å². The SMILES string of the molecule is CN(Cc1ccc2c(c1)OCO2)C(=O)NC[C@H]1CCS(=O)(=O)C1. The van der Waals surface area contributed by atoms with Crippen LogP contribution in [-0.4, -0.2) is 51.2 Å². The van der Waals surface area contributed by atoms with Gasteiger partial charge in [-0.25, -0.2) is 13.2 Å². The van der Waals surface area contributed by atoms with Crippen LogP contribution in [0, 0.1) is 5.92 Å².